The number of anilines is 1. The number of carbonyl (C=O) groups is 2. The third-order valence-corrected chi connectivity index (χ3v) is 7.53. The summed E-state index contributed by atoms with van der Waals surface area (Å²) < 4.78 is 47.0. The quantitative estimate of drug-likeness (QED) is 0.340. The van der Waals surface area contributed by atoms with Gasteiger partial charge in [-0.1, -0.05) is 23.7 Å². The molecular formula is C28H27ClF3N5O4. The minimum Gasteiger partial charge on any atom is -0.394 e. The second-order valence-corrected chi connectivity index (χ2v) is 10.3. The number of amides is 2. The molecule has 5 rings (SSSR count). The molecule has 0 spiro atoms. The summed E-state index contributed by atoms with van der Waals surface area (Å²) in [7, 11) is 0. The van der Waals surface area contributed by atoms with Gasteiger partial charge < -0.3 is 25.4 Å². The summed E-state index contributed by atoms with van der Waals surface area (Å²) in [5.74, 6) is -4.66. The van der Waals surface area contributed by atoms with E-state index < -0.39 is 53.5 Å². The number of aliphatic hydroxyl groups excluding tert-OH is 1. The van der Waals surface area contributed by atoms with E-state index in [1.165, 1.54) is 18.0 Å². The number of fused-ring (bicyclic) bond motifs is 1. The lowest BCUT2D eigenvalue weighted by Gasteiger charge is -2.26. The fourth-order valence-electron chi connectivity index (χ4n) is 4.93. The number of rotatable bonds is 8. The van der Waals surface area contributed by atoms with Crippen LogP contribution in [-0.2, 0) is 16.1 Å². The Bertz CT molecular complexity index is 1490. The van der Waals surface area contributed by atoms with Gasteiger partial charge in [0.05, 0.1) is 29.6 Å². The van der Waals surface area contributed by atoms with Gasteiger partial charge in [0.15, 0.2) is 11.6 Å². The fraction of sp³-hybridized carbons (Fsp3) is 0.357. The van der Waals surface area contributed by atoms with Crippen molar-refractivity contribution in [2.24, 2.45) is 0 Å². The van der Waals surface area contributed by atoms with Crippen molar-refractivity contribution in [2.75, 3.05) is 25.1 Å². The van der Waals surface area contributed by atoms with Gasteiger partial charge in [-0.25, -0.2) is 23.1 Å². The van der Waals surface area contributed by atoms with Crippen molar-refractivity contribution < 1.29 is 32.6 Å². The van der Waals surface area contributed by atoms with Gasteiger partial charge in [-0.2, -0.15) is 0 Å². The number of benzene rings is 2. The van der Waals surface area contributed by atoms with Gasteiger partial charge in [0.1, 0.15) is 11.9 Å². The number of hydrogen-bond donors (Lipinski definition) is 3. The number of aliphatic hydroxyl groups is 1. The highest BCUT2D eigenvalue weighted by atomic mass is 35.5. The summed E-state index contributed by atoms with van der Waals surface area (Å²) in [5.41, 5.74) is 1.50. The molecule has 2 aromatic carbocycles. The highest BCUT2D eigenvalue weighted by Gasteiger charge is 2.35. The zero-order valence-corrected chi connectivity index (χ0v) is 22.7. The summed E-state index contributed by atoms with van der Waals surface area (Å²) in [4.78, 5) is 36.5. The van der Waals surface area contributed by atoms with Gasteiger partial charge in [0.2, 0.25) is 11.9 Å². The van der Waals surface area contributed by atoms with E-state index in [0.717, 1.165) is 12.8 Å². The van der Waals surface area contributed by atoms with Crippen LogP contribution in [0.25, 0.3) is 11.3 Å². The topological polar surface area (TPSA) is 117 Å². The van der Waals surface area contributed by atoms with Gasteiger partial charge in [0, 0.05) is 48.6 Å². The van der Waals surface area contributed by atoms with Gasteiger partial charge in [-0.3, -0.25) is 9.59 Å². The molecule has 216 valence electrons. The lowest BCUT2D eigenvalue weighted by Crippen LogP contribution is -2.47. The highest BCUT2D eigenvalue weighted by molar-refractivity contribution is 6.33. The average Bonchev–Trinajstić information content (AvgIpc) is 3.30. The van der Waals surface area contributed by atoms with E-state index in [-0.39, 0.29) is 12.6 Å². The first-order valence-electron chi connectivity index (χ1n) is 13.0. The molecule has 3 heterocycles. The predicted molar refractivity (Wildman–Crippen MR) is 144 cm³/mol. The van der Waals surface area contributed by atoms with E-state index in [9.17, 15) is 27.9 Å². The summed E-state index contributed by atoms with van der Waals surface area (Å²) in [6, 6.07) is 3.93. The standard InChI is InChI=1S/C28H27ClF3N5O4/c1-14(26(39)35-23(13-38)20-9-17(30)10-22(31)24(20)32)37-12-16-3-2-15(8-19(16)27(37)40)25-21(29)11-33-28(36-25)34-18-4-6-41-7-5-18/h2-3,8-11,14,18,23,38H,4-7,12-13H2,1H3,(H,35,39)(H,33,34,36). The summed E-state index contributed by atoms with van der Waals surface area (Å²) in [6.07, 6.45) is 3.14. The second-order valence-electron chi connectivity index (χ2n) is 9.94. The van der Waals surface area contributed by atoms with Crippen molar-refractivity contribution in [3.8, 4) is 11.3 Å². The number of nitrogens with one attached hydrogen (secondary N) is 2. The minimum absolute atomic E-state index is 0.115. The van der Waals surface area contributed by atoms with E-state index in [2.05, 4.69) is 20.6 Å². The Morgan fingerprint density at radius 2 is 1.98 bits per heavy atom. The largest absolute Gasteiger partial charge is 0.394 e. The van der Waals surface area contributed by atoms with Crippen molar-refractivity contribution in [3.63, 3.8) is 0 Å². The van der Waals surface area contributed by atoms with Crippen LogP contribution in [0, 0.1) is 17.5 Å². The number of carbonyl (C=O) groups excluding carboxylic acids is 2. The smallest absolute Gasteiger partial charge is 0.255 e. The number of ether oxygens (including phenoxy) is 1. The molecule has 0 saturated carbocycles. The van der Waals surface area contributed by atoms with Crippen LogP contribution in [0.4, 0.5) is 19.1 Å². The molecule has 1 saturated heterocycles. The molecule has 0 bridgehead atoms. The van der Waals surface area contributed by atoms with E-state index in [1.54, 1.807) is 18.2 Å². The van der Waals surface area contributed by atoms with Crippen LogP contribution in [0.1, 0.15) is 47.3 Å². The maximum atomic E-state index is 14.3. The van der Waals surface area contributed by atoms with Crippen LogP contribution in [0.3, 0.4) is 0 Å². The normalized spacial score (nSPS) is 16.8. The SMILES string of the molecule is CC(C(=O)NC(CO)c1cc(F)cc(F)c1F)N1Cc2ccc(-c3nc(NC4CCOCC4)ncc3Cl)cc2C1=O. The van der Waals surface area contributed by atoms with Crippen molar-refractivity contribution >= 4 is 29.4 Å². The van der Waals surface area contributed by atoms with Crippen LogP contribution in [-0.4, -0.2) is 63.7 Å². The fourth-order valence-corrected chi connectivity index (χ4v) is 5.13. The third kappa shape index (κ3) is 5.99. The average molecular weight is 590 g/mol. The van der Waals surface area contributed by atoms with Gasteiger partial charge >= 0.3 is 0 Å². The molecule has 0 aliphatic carbocycles. The third-order valence-electron chi connectivity index (χ3n) is 7.26. The molecule has 9 nitrogen and oxygen atoms in total. The van der Waals surface area contributed by atoms with E-state index in [4.69, 9.17) is 16.3 Å². The van der Waals surface area contributed by atoms with Gasteiger partial charge in [-0.05, 0) is 37.5 Å². The Morgan fingerprint density at radius 3 is 2.71 bits per heavy atom. The van der Waals surface area contributed by atoms with Crippen LogP contribution < -0.4 is 10.6 Å². The monoisotopic (exact) mass is 589 g/mol. The van der Waals surface area contributed by atoms with Gasteiger partial charge in [-0.15, -0.1) is 0 Å². The summed E-state index contributed by atoms with van der Waals surface area (Å²) in [6.45, 7) is 2.06. The van der Waals surface area contributed by atoms with Crippen molar-refractivity contribution in [1.82, 2.24) is 20.2 Å². The number of halogens is 4. The lowest BCUT2D eigenvalue weighted by atomic mass is 10.0. The molecule has 0 radical (unpaired) electrons. The molecule has 3 aromatic rings. The number of hydrogen-bond acceptors (Lipinski definition) is 7. The van der Waals surface area contributed by atoms with E-state index in [1.807, 2.05) is 0 Å². The van der Waals surface area contributed by atoms with Crippen molar-refractivity contribution in [2.45, 2.75) is 44.4 Å². The van der Waals surface area contributed by atoms with E-state index >= 15 is 0 Å². The maximum Gasteiger partial charge on any atom is 0.255 e. The molecule has 2 aliphatic heterocycles. The summed E-state index contributed by atoms with van der Waals surface area (Å²) >= 11 is 6.41. The Balaban J connectivity index is 1.32. The Labute approximate surface area is 238 Å². The van der Waals surface area contributed by atoms with Crippen LogP contribution in [0.2, 0.25) is 5.02 Å². The molecule has 3 N–H and O–H groups in total. The van der Waals surface area contributed by atoms with Gasteiger partial charge in [0.25, 0.3) is 5.91 Å². The number of aromatic nitrogens is 2. The van der Waals surface area contributed by atoms with Crippen LogP contribution >= 0.6 is 11.6 Å². The molecule has 2 unspecified atom stereocenters. The lowest BCUT2D eigenvalue weighted by molar-refractivity contribution is -0.126. The molecule has 2 amide bonds. The Morgan fingerprint density at radius 1 is 1.22 bits per heavy atom. The molecule has 1 fully saturated rings. The summed E-state index contributed by atoms with van der Waals surface area (Å²) in [5, 5.41) is 15.7. The molecule has 41 heavy (non-hydrogen) atoms. The second kappa shape index (κ2) is 12.0. The van der Waals surface area contributed by atoms with Crippen molar-refractivity contribution in [1.29, 1.82) is 0 Å². The van der Waals surface area contributed by atoms with Crippen LogP contribution in [0.5, 0.6) is 0 Å². The zero-order chi connectivity index (χ0) is 29.3. The van der Waals surface area contributed by atoms with Crippen LogP contribution in [0.15, 0.2) is 36.5 Å². The van der Waals surface area contributed by atoms with E-state index in [0.29, 0.717) is 58.7 Å². The highest BCUT2D eigenvalue weighted by Crippen LogP contribution is 2.33. The first-order chi connectivity index (χ1) is 19.7. The molecule has 1 aromatic heterocycles. The first-order valence-corrected chi connectivity index (χ1v) is 13.4. The van der Waals surface area contributed by atoms with Crippen molar-refractivity contribution in [3.05, 3.63) is 75.7 Å². The predicted octanol–water partition coefficient (Wildman–Crippen LogP) is 4.00. The first kappa shape index (κ1) is 28.8. The molecule has 13 heteroatoms. The minimum atomic E-state index is -1.45. The zero-order valence-electron chi connectivity index (χ0n) is 22.0. The Kier molecular flexibility index (Phi) is 8.43. The molecule has 2 atom stereocenters. The Hall–Kier alpha value is -3.74. The maximum absolute atomic E-state index is 14.3. The number of nitrogens with zero attached hydrogens (tertiary/aromatic N) is 3. The molecular weight excluding hydrogens is 563 g/mol. The molecule has 2 aliphatic rings.